The minimum Gasteiger partial charge on any atom is -0.354 e. The number of nitrogens with zero attached hydrogens (tertiary/aromatic N) is 3. The first-order valence-corrected chi connectivity index (χ1v) is 13.2. The molecule has 7 heteroatoms. The highest BCUT2D eigenvalue weighted by molar-refractivity contribution is 5.76. The molecule has 0 bridgehead atoms. The van der Waals surface area contributed by atoms with Gasteiger partial charge in [0, 0.05) is 37.3 Å². The smallest absolute Gasteiger partial charge is 0.257 e. The maximum Gasteiger partial charge on any atom is 0.257 e. The molecule has 2 heterocycles. The highest BCUT2D eigenvalue weighted by Crippen LogP contribution is 2.23. The average molecular weight is 501 g/mol. The SMILES string of the molecule is O=C(Cn1c(-c2ccc(F)cc2)nc2c(c1=O)CCN(Cc1ccccc1)C2)NCCC1=CCCCC1. The lowest BCUT2D eigenvalue weighted by Gasteiger charge is -2.29. The van der Waals surface area contributed by atoms with E-state index in [4.69, 9.17) is 4.98 Å². The summed E-state index contributed by atoms with van der Waals surface area (Å²) in [7, 11) is 0. The number of carbonyl (C=O) groups excluding carboxylic acids is 1. The molecule has 0 saturated heterocycles. The van der Waals surface area contributed by atoms with Crippen LogP contribution in [0, 0.1) is 5.82 Å². The van der Waals surface area contributed by atoms with Gasteiger partial charge in [-0.25, -0.2) is 9.37 Å². The monoisotopic (exact) mass is 500 g/mol. The lowest BCUT2D eigenvalue weighted by Crippen LogP contribution is -2.40. The molecule has 1 aliphatic heterocycles. The minimum absolute atomic E-state index is 0.112. The molecule has 0 fully saturated rings. The number of halogens is 1. The van der Waals surface area contributed by atoms with Crippen LogP contribution in [0.15, 0.2) is 71.0 Å². The summed E-state index contributed by atoms with van der Waals surface area (Å²) in [6.07, 6.45) is 8.35. The van der Waals surface area contributed by atoms with E-state index in [1.807, 2.05) is 18.2 Å². The molecule has 0 atom stereocenters. The number of aromatic nitrogens is 2. The van der Waals surface area contributed by atoms with Gasteiger partial charge in [-0.2, -0.15) is 0 Å². The summed E-state index contributed by atoms with van der Waals surface area (Å²) >= 11 is 0. The molecule has 6 nitrogen and oxygen atoms in total. The van der Waals surface area contributed by atoms with E-state index in [2.05, 4.69) is 28.4 Å². The second-order valence-corrected chi connectivity index (χ2v) is 9.91. The van der Waals surface area contributed by atoms with Crippen molar-refractivity contribution >= 4 is 5.91 Å². The Morgan fingerprint density at radius 2 is 1.84 bits per heavy atom. The zero-order valence-corrected chi connectivity index (χ0v) is 21.1. The fourth-order valence-electron chi connectivity index (χ4n) is 5.22. The molecule has 1 amide bonds. The number of fused-ring (bicyclic) bond motifs is 1. The fourth-order valence-corrected chi connectivity index (χ4v) is 5.22. The molecule has 192 valence electrons. The van der Waals surface area contributed by atoms with Gasteiger partial charge in [0.15, 0.2) is 0 Å². The van der Waals surface area contributed by atoms with Crippen LogP contribution in [0.4, 0.5) is 4.39 Å². The van der Waals surface area contributed by atoms with Gasteiger partial charge in [-0.3, -0.25) is 19.1 Å². The molecular formula is C30H33FN4O2. The van der Waals surface area contributed by atoms with Gasteiger partial charge in [0.25, 0.3) is 5.56 Å². The Balaban J connectivity index is 1.38. The summed E-state index contributed by atoms with van der Waals surface area (Å²) in [6.45, 7) is 2.51. The number of benzene rings is 2. The first kappa shape index (κ1) is 25.1. The van der Waals surface area contributed by atoms with Crippen LogP contribution < -0.4 is 10.9 Å². The second-order valence-electron chi connectivity index (χ2n) is 9.91. The Morgan fingerprint density at radius 1 is 1.03 bits per heavy atom. The van der Waals surface area contributed by atoms with E-state index in [1.165, 1.54) is 40.7 Å². The lowest BCUT2D eigenvalue weighted by molar-refractivity contribution is -0.121. The van der Waals surface area contributed by atoms with Crippen molar-refractivity contribution in [3.8, 4) is 11.4 Å². The molecule has 1 aliphatic carbocycles. The van der Waals surface area contributed by atoms with Gasteiger partial charge < -0.3 is 5.32 Å². The summed E-state index contributed by atoms with van der Waals surface area (Å²) in [6, 6.07) is 16.1. The van der Waals surface area contributed by atoms with E-state index in [0.29, 0.717) is 36.5 Å². The fraction of sp³-hybridized carbons (Fsp3) is 0.367. The van der Waals surface area contributed by atoms with Crippen LogP contribution in [0.2, 0.25) is 0 Å². The Kier molecular flexibility index (Phi) is 7.90. The van der Waals surface area contributed by atoms with E-state index in [9.17, 15) is 14.0 Å². The third kappa shape index (κ3) is 6.23. The van der Waals surface area contributed by atoms with Gasteiger partial charge in [0.05, 0.1) is 5.69 Å². The second kappa shape index (κ2) is 11.6. The average Bonchev–Trinajstić information content (AvgIpc) is 2.92. The van der Waals surface area contributed by atoms with Crippen molar-refractivity contribution in [1.82, 2.24) is 19.8 Å². The van der Waals surface area contributed by atoms with E-state index < -0.39 is 0 Å². The highest BCUT2D eigenvalue weighted by atomic mass is 19.1. The highest BCUT2D eigenvalue weighted by Gasteiger charge is 2.25. The van der Waals surface area contributed by atoms with E-state index in [0.717, 1.165) is 38.0 Å². The minimum atomic E-state index is -0.362. The molecule has 2 aliphatic rings. The number of rotatable bonds is 8. The van der Waals surface area contributed by atoms with Crippen LogP contribution in [-0.4, -0.2) is 33.4 Å². The number of hydrogen-bond acceptors (Lipinski definition) is 4. The topological polar surface area (TPSA) is 67.2 Å². The third-order valence-corrected chi connectivity index (χ3v) is 7.21. The van der Waals surface area contributed by atoms with Crippen molar-refractivity contribution in [3.63, 3.8) is 0 Å². The summed E-state index contributed by atoms with van der Waals surface area (Å²) in [5.74, 6) is -0.181. The van der Waals surface area contributed by atoms with Gasteiger partial charge in [0.2, 0.25) is 5.91 Å². The van der Waals surface area contributed by atoms with Gasteiger partial charge >= 0.3 is 0 Å². The molecule has 0 spiro atoms. The predicted molar refractivity (Wildman–Crippen MR) is 142 cm³/mol. The molecular weight excluding hydrogens is 467 g/mol. The van der Waals surface area contributed by atoms with Crippen molar-refractivity contribution in [2.45, 2.75) is 58.2 Å². The molecule has 37 heavy (non-hydrogen) atoms. The van der Waals surface area contributed by atoms with Gasteiger partial charge in [-0.05, 0) is 68.4 Å². The maximum absolute atomic E-state index is 13.7. The number of allylic oxidation sites excluding steroid dienone is 1. The van der Waals surface area contributed by atoms with Gasteiger partial charge in [-0.1, -0.05) is 42.0 Å². The van der Waals surface area contributed by atoms with E-state index >= 15 is 0 Å². The van der Waals surface area contributed by atoms with Gasteiger partial charge in [-0.15, -0.1) is 0 Å². The Hall–Kier alpha value is -3.58. The van der Waals surface area contributed by atoms with Crippen LogP contribution in [0.3, 0.4) is 0 Å². The zero-order valence-electron chi connectivity index (χ0n) is 21.1. The van der Waals surface area contributed by atoms with Crippen molar-refractivity contribution in [2.75, 3.05) is 13.1 Å². The zero-order chi connectivity index (χ0) is 25.6. The number of carbonyl (C=O) groups is 1. The summed E-state index contributed by atoms with van der Waals surface area (Å²) in [4.78, 5) is 33.7. The quantitative estimate of drug-likeness (QED) is 0.459. The first-order chi connectivity index (χ1) is 18.1. The normalized spacial score (nSPS) is 15.6. The molecule has 5 rings (SSSR count). The Bertz CT molecular complexity index is 1330. The van der Waals surface area contributed by atoms with Crippen LogP contribution in [0.25, 0.3) is 11.4 Å². The predicted octanol–water partition coefficient (Wildman–Crippen LogP) is 4.61. The number of hydrogen-bond donors (Lipinski definition) is 1. The van der Waals surface area contributed by atoms with Crippen molar-refractivity contribution < 1.29 is 9.18 Å². The van der Waals surface area contributed by atoms with Crippen molar-refractivity contribution in [2.24, 2.45) is 0 Å². The first-order valence-electron chi connectivity index (χ1n) is 13.2. The summed E-state index contributed by atoms with van der Waals surface area (Å²) < 4.78 is 15.1. The van der Waals surface area contributed by atoms with Crippen LogP contribution >= 0.6 is 0 Å². The molecule has 0 unspecified atom stereocenters. The molecule has 1 N–H and O–H groups in total. The third-order valence-electron chi connectivity index (χ3n) is 7.21. The van der Waals surface area contributed by atoms with Gasteiger partial charge in [0.1, 0.15) is 18.2 Å². The Labute approximate surface area is 216 Å². The van der Waals surface area contributed by atoms with Crippen LogP contribution in [-0.2, 0) is 30.8 Å². The lowest BCUT2D eigenvalue weighted by atomic mass is 9.97. The Morgan fingerprint density at radius 3 is 2.59 bits per heavy atom. The van der Waals surface area contributed by atoms with Crippen LogP contribution in [0.1, 0.15) is 48.9 Å². The summed E-state index contributed by atoms with van der Waals surface area (Å²) in [5, 5.41) is 2.97. The molecule has 1 aromatic heterocycles. The molecule has 0 radical (unpaired) electrons. The molecule has 0 saturated carbocycles. The van der Waals surface area contributed by atoms with Crippen molar-refractivity contribution in [3.05, 3.63) is 99.2 Å². The number of amides is 1. The largest absolute Gasteiger partial charge is 0.354 e. The standard InChI is InChI=1S/C30H33FN4O2/c31-25-13-11-24(12-14-25)29-33-27-20-34(19-23-9-5-2-6-10-23)18-16-26(27)30(37)35(29)21-28(36)32-17-15-22-7-3-1-4-8-22/h2,5-7,9-14H,1,3-4,8,15-21H2,(H,32,36). The van der Waals surface area contributed by atoms with Crippen LogP contribution in [0.5, 0.6) is 0 Å². The van der Waals surface area contributed by atoms with Crippen molar-refractivity contribution in [1.29, 1.82) is 0 Å². The van der Waals surface area contributed by atoms with E-state index in [-0.39, 0.29) is 23.8 Å². The maximum atomic E-state index is 13.7. The van der Waals surface area contributed by atoms with E-state index in [1.54, 1.807) is 12.1 Å². The molecule has 2 aromatic carbocycles. The number of nitrogens with one attached hydrogen (secondary N) is 1. The summed E-state index contributed by atoms with van der Waals surface area (Å²) in [5.41, 5.74) is 4.42. The molecule has 3 aromatic rings.